The van der Waals surface area contributed by atoms with E-state index in [0.29, 0.717) is 39.0 Å². The van der Waals surface area contributed by atoms with Crippen LogP contribution < -0.4 is 15.8 Å². The largest absolute Gasteiger partial charge is 0.355 e. The van der Waals surface area contributed by atoms with Crippen molar-refractivity contribution >= 4 is 22.0 Å². The van der Waals surface area contributed by atoms with Crippen LogP contribution in [0.3, 0.4) is 0 Å². The summed E-state index contributed by atoms with van der Waals surface area (Å²) in [4.78, 5) is 30.3. The van der Waals surface area contributed by atoms with Gasteiger partial charge in [-0.05, 0) is 90.4 Å². The van der Waals surface area contributed by atoms with Crippen LogP contribution in [0.15, 0.2) is 108 Å². The minimum absolute atomic E-state index is 0.0216. The molecule has 0 radical (unpaired) electrons. The van der Waals surface area contributed by atoms with Gasteiger partial charge in [0.1, 0.15) is 0 Å². The number of nitrogens with zero attached hydrogens (tertiary/aromatic N) is 2. The zero-order valence-corrected chi connectivity index (χ0v) is 28.1. The summed E-state index contributed by atoms with van der Waals surface area (Å²) in [6, 6.07) is 32.4. The van der Waals surface area contributed by atoms with Gasteiger partial charge in [0, 0.05) is 32.7 Å². The summed E-state index contributed by atoms with van der Waals surface area (Å²) in [6.07, 6.45) is 4.06. The van der Waals surface area contributed by atoms with Gasteiger partial charge in [-0.3, -0.25) is 4.79 Å². The van der Waals surface area contributed by atoms with Gasteiger partial charge in [0.25, 0.3) is 0 Å². The normalized spacial score (nSPS) is 13.3. The van der Waals surface area contributed by atoms with E-state index >= 15 is 0 Å². The molecule has 0 saturated carbocycles. The van der Waals surface area contributed by atoms with Crippen molar-refractivity contribution in [1.82, 2.24) is 20.4 Å². The lowest BCUT2D eigenvalue weighted by atomic mass is 9.99. The van der Waals surface area contributed by atoms with Crippen molar-refractivity contribution in [3.8, 4) is 11.1 Å². The van der Waals surface area contributed by atoms with Crippen LogP contribution in [0, 0.1) is 0 Å². The van der Waals surface area contributed by atoms with Crippen LogP contribution in [0.5, 0.6) is 0 Å². The predicted molar refractivity (Wildman–Crippen MR) is 190 cm³/mol. The van der Waals surface area contributed by atoms with Crippen LogP contribution in [-0.4, -0.2) is 69.4 Å². The molecule has 5 rings (SSSR count). The van der Waals surface area contributed by atoms with E-state index < -0.39 is 10.0 Å². The van der Waals surface area contributed by atoms with Crippen molar-refractivity contribution in [2.75, 3.05) is 39.3 Å². The first-order valence-corrected chi connectivity index (χ1v) is 18.1. The Balaban J connectivity index is 1.23. The van der Waals surface area contributed by atoms with Gasteiger partial charge >= 0.3 is 6.03 Å². The summed E-state index contributed by atoms with van der Waals surface area (Å²) in [7, 11) is -3.78. The molecule has 252 valence electrons. The number of rotatable bonds is 15. The number of likely N-dealkylation sites (tertiary alicyclic amines) is 1. The van der Waals surface area contributed by atoms with E-state index in [9.17, 15) is 18.0 Å². The number of hydrogen-bond donors (Lipinski definition) is 3. The highest BCUT2D eigenvalue weighted by Crippen LogP contribution is 2.23. The molecule has 1 heterocycles. The monoisotopic (exact) mass is 667 g/mol. The maximum atomic E-state index is 13.5. The number of benzene rings is 4. The van der Waals surface area contributed by atoms with Crippen molar-refractivity contribution < 1.29 is 18.0 Å². The molecule has 0 bridgehead atoms. The molecule has 0 atom stereocenters. The van der Waals surface area contributed by atoms with Gasteiger partial charge in [-0.25, -0.2) is 18.4 Å². The van der Waals surface area contributed by atoms with E-state index in [1.807, 2.05) is 66.7 Å². The van der Waals surface area contributed by atoms with Gasteiger partial charge < -0.3 is 20.4 Å². The molecule has 0 unspecified atom stereocenters. The molecule has 1 aliphatic heterocycles. The SMILES string of the molecule is NS(=O)(=O)c1ccc(CCN(Cc2cccc(-c3cccc(CC(=O)NCCN4CCCC4)c3)c2)C(=O)NCCc2ccccc2)cc1. The van der Waals surface area contributed by atoms with Crippen molar-refractivity contribution in [3.63, 3.8) is 0 Å². The molecule has 4 N–H and O–H groups in total. The topological polar surface area (TPSA) is 125 Å². The molecule has 1 aliphatic rings. The van der Waals surface area contributed by atoms with Gasteiger partial charge in [0.05, 0.1) is 11.3 Å². The number of amides is 3. The van der Waals surface area contributed by atoms with E-state index in [0.717, 1.165) is 59.4 Å². The molecule has 1 fully saturated rings. The molecule has 48 heavy (non-hydrogen) atoms. The number of primary sulfonamides is 1. The molecule has 4 aromatic carbocycles. The van der Waals surface area contributed by atoms with Crippen molar-refractivity contribution in [2.24, 2.45) is 5.14 Å². The Kier molecular flexibility index (Phi) is 12.4. The van der Waals surface area contributed by atoms with E-state index in [1.165, 1.54) is 25.0 Å². The zero-order valence-electron chi connectivity index (χ0n) is 27.3. The standard InChI is InChI=1S/C38H45N5O4S/c39-48(46,47)36-16-14-31(15-17-36)19-24-43(38(45)41-20-18-30-8-2-1-3-9-30)29-33-11-7-13-35(27-33)34-12-6-10-32(26-34)28-37(44)40-21-25-42-22-4-5-23-42/h1-3,6-17,26-27H,4-5,18-25,28-29H2,(H,40,44)(H,41,45)(H2,39,46,47). The Hall–Kier alpha value is -4.51. The zero-order chi connectivity index (χ0) is 33.8. The van der Waals surface area contributed by atoms with Gasteiger partial charge in [0.15, 0.2) is 0 Å². The van der Waals surface area contributed by atoms with E-state index in [2.05, 4.69) is 27.7 Å². The highest BCUT2D eigenvalue weighted by molar-refractivity contribution is 7.89. The number of nitrogens with one attached hydrogen (secondary N) is 2. The minimum Gasteiger partial charge on any atom is -0.355 e. The van der Waals surface area contributed by atoms with Gasteiger partial charge in [0.2, 0.25) is 15.9 Å². The van der Waals surface area contributed by atoms with Gasteiger partial charge in [-0.2, -0.15) is 0 Å². The molecular formula is C38H45N5O4S. The molecule has 1 saturated heterocycles. The lowest BCUT2D eigenvalue weighted by Gasteiger charge is -2.24. The molecule has 0 aliphatic carbocycles. The summed E-state index contributed by atoms with van der Waals surface area (Å²) in [5, 5.41) is 11.4. The smallest absolute Gasteiger partial charge is 0.317 e. The fourth-order valence-corrected chi connectivity index (χ4v) is 6.49. The van der Waals surface area contributed by atoms with E-state index in [4.69, 9.17) is 5.14 Å². The summed E-state index contributed by atoms with van der Waals surface area (Å²) >= 11 is 0. The van der Waals surface area contributed by atoms with Crippen LogP contribution in [-0.2, 0) is 40.6 Å². The second-order valence-electron chi connectivity index (χ2n) is 12.3. The third-order valence-electron chi connectivity index (χ3n) is 8.62. The summed E-state index contributed by atoms with van der Waals surface area (Å²) in [5.41, 5.74) is 5.98. The van der Waals surface area contributed by atoms with Crippen molar-refractivity contribution in [2.45, 2.75) is 43.5 Å². The number of hydrogen-bond acceptors (Lipinski definition) is 5. The predicted octanol–water partition coefficient (Wildman–Crippen LogP) is 4.75. The minimum atomic E-state index is -3.78. The maximum Gasteiger partial charge on any atom is 0.317 e. The fraction of sp³-hybridized carbons (Fsp3) is 0.316. The molecule has 3 amide bonds. The Morgan fingerprint density at radius 1 is 0.708 bits per heavy atom. The van der Waals surface area contributed by atoms with Crippen LogP contribution in [0.2, 0.25) is 0 Å². The Morgan fingerprint density at radius 2 is 1.33 bits per heavy atom. The molecule has 9 nitrogen and oxygen atoms in total. The lowest BCUT2D eigenvalue weighted by Crippen LogP contribution is -2.41. The quantitative estimate of drug-likeness (QED) is 0.169. The van der Waals surface area contributed by atoms with Crippen LogP contribution in [0.4, 0.5) is 4.79 Å². The fourth-order valence-electron chi connectivity index (χ4n) is 5.97. The Bertz CT molecular complexity index is 1760. The summed E-state index contributed by atoms with van der Waals surface area (Å²) < 4.78 is 23.4. The lowest BCUT2D eigenvalue weighted by molar-refractivity contribution is -0.120. The highest BCUT2D eigenvalue weighted by atomic mass is 32.2. The summed E-state index contributed by atoms with van der Waals surface area (Å²) in [6.45, 7) is 5.11. The number of carbonyl (C=O) groups excluding carboxylic acids is 2. The maximum absolute atomic E-state index is 13.5. The molecule has 0 aromatic heterocycles. The van der Waals surface area contributed by atoms with Crippen LogP contribution >= 0.6 is 0 Å². The molecular weight excluding hydrogens is 623 g/mol. The Morgan fingerprint density at radius 3 is 2.02 bits per heavy atom. The van der Waals surface area contributed by atoms with Crippen LogP contribution in [0.25, 0.3) is 11.1 Å². The molecule has 0 spiro atoms. The number of carbonyl (C=O) groups is 2. The van der Waals surface area contributed by atoms with E-state index in [1.54, 1.807) is 17.0 Å². The summed E-state index contributed by atoms with van der Waals surface area (Å²) in [5.74, 6) is 0.0216. The van der Waals surface area contributed by atoms with Crippen LogP contribution in [0.1, 0.15) is 35.1 Å². The average Bonchev–Trinajstić information content (AvgIpc) is 3.61. The Labute approximate surface area is 284 Å². The van der Waals surface area contributed by atoms with Crippen molar-refractivity contribution in [1.29, 1.82) is 0 Å². The second kappa shape index (κ2) is 17.1. The number of urea groups is 1. The van der Waals surface area contributed by atoms with E-state index in [-0.39, 0.29) is 16.8 Å². The number of nitrogens with two attached hydrogens (primary N) is 1. The number of sulfonamides is 1. The first-order chi connectivity index (χ1) is 23.2. The third-order valence-corrected chi connectivity index (χ3v) is 9.55. The third kappa shape index (κ3) is 10.8. The van der Waals surface area contributed by atoms with Gasteiger partial charge in [-0.15, -0.1) is 0 Å². The first-order valence-electron chi connectivity index (χ1n) is 16.6. The van der Waals surface area contributed by atoms with Crippen molar-refractivity contribution in [3.05, 3.63) is 125 Å². The van der Waals surface area contributed by atoms with Gasteiger partial charge in [-0.1, -0.05) is 84.9 Å². The average molecular weight is 668 g/mol. The molecule has 4 aromatic rings. The highest BCUT2D eigenvalue weighted by Gasteiger charge is 2.16. The molecule has 10 heteroatoms. The second-order valence-corrected chi connectivity index (χ2v) is 13.9. The first kappa shape index (κ1) is 34.8.